The fraction of sp³-hybridized carbons (Fsp3) is 0.600. The van der Waals surface area contributed by atoms with Gasteiger partial charge >= 0.3 is 0 Å². The molecule has 1 spiro atoms. The molecule has 1 atom stereocenters. The molecular formula is C20H26N2O4S. The largest absolute Gasteiger partial charge is 0.484 e. The molecule has 2 amide bonds. The van der Waals surface area contributed by atoms with Gasteiger partial charge in [-0.2, -0.15) is 0 Å². The van der Waals surface area contributed by atoms with Crippen LogP contribution in [0.1, 0.15) is 31.2 Å². The van der Waals surface area contributed by atoms with Crippen molar-refractivity contribution in [1.29, 1.82) is 0 Å². The second kappa shape index (κ2) is 7.26. The third-order valence-corrected chi connectivity index (χ3v) is 7.88. The molecule has 7 heteroatoms. The Hall–Kier alpha value is -1.89. The van der Waals surface area contributed by atoms with Gasteiger partial charge < -0.3 is 14.5 Å². The van der Waals surface area contributed by atoms with Gasteiger partial charge in [0.05, 0.1) is 10.8 Å². The van der Waals surface area contributed by atoms with Crippen LogP contribution >= 0.6 is 0 Å². The zero-order chi connectivity index (χ0) is 19.0. The number of rotatable bonds is 5. The van der Waals surface area contributed by atoms with Crippen LogP contribution < -0.4 is 4.74 Å². The van der Waals surface area contributed by atoms with Gasteiger partial charge in [0.2, 0.25) is 5.91 Å². The Labute approximate surface area is 162 Å². The number of aryl methyl sites for hydroxylation is 1. The summed E-state index contributed by atoms with van der Waals surface area (Å²) < 4.78 is 18.3. The van der Waals surface area contributed by atoms with E-state index in [1.54, 1.807) is 4.90 Å². The van der Waals surface area contributed by atoms with Crippen LogP contribution in [0.4, 0.5) is 0 Å². The number of ether oxygens (including phenoxy) is 1. The van der Waals surface area contributed by atoms with Crippen molar-refractivity contribution in [1.82, 2.24) is 9.80 Å². The highest BCUT2D eigenvalue weighted by Crippen LogP contribution is 2.41. The lowest BCUT2D eigenvalue weighted by molar-refractivity contribution is -0.137. The number of hydrogen-bond acceptors (Lipinski definition) is 4. The van der Waals surface area contributed by atoms with Crippen molar-refractivity contribution < 1.29 is 18.5 Å². The van der Waals surface area contributed by atoms with Crippen molar-refractivity contribution in [2.75, 3.05) is 32.0 Å². The van der Waals surface area contributed by atoms with Crippen LogP contribution in [0, 0.1) is 12.8 Å². The van der Waals surface area contributed by atoms with Crippen LogP contribution in [0.3, 0.4) is 0 Å². The lowest BCUT2D eigenvalue weighted by atomic mass is 10.0. The second-order valence-corrected chi connectivity index (χ2v) is 9.61. The van der Waals surface area contributed by atoms with Crippen molar-refractivity contribution in [3.8, 4) is 5.75 Å². The van der Waals surface area contributed by atoms with Crippen LogP contribution in [-0.2, 0) is 20.4 Å². The summed E-state index contributed by atoms with van der Waals surface area (Å²) in [6.45, 7) is 3.79. The van der Waals surface area contributed by atoms with Crippen molar-refractivity contribution in [2.24, 2.45) is 5.92 Å². The third-order valence-electron chi connectivity index (χ3n) is 5.89. The molecule has 3 aliphatic rings. The van der Waals surface area contributed by atoms with E-state index in [0.29, 0.717) is 37.6 Å². The summed E-state index contributed by atoms with van der Waals surface area (Å²) in [7, 11) is -1.17. The molecule has 1 unspecified atom stereocenters. The van der Waals surface area contributed by atoms with Gasteiger partial charge in [0.15, 0.2) is 6.61 Å². The maximum absolute atomic E-state index is 12.7. The second-order valence-electron chi connectivity index (χ2n) is 7.87. The SMILES string of the molecule is Cc1ccc(OCC(=O)N2CCC3(CC2)N(CC2CC2)C(=O)CS3=O)cc1. The molecule has 6 nitrogen and oxygen atoms in total. The van der Waals surface area contributed by atoms with E-state index in [-0.39, 0.29) is 24.2 Å². The van der Waals surface area contributed by atoms with E-state index in [4.69, 9.17) is 4.74 Å². The van der Waals surface area contributed by atoms with Gasteiger partial charge in [-0.25, -0.2) is 0 Å². The Balaban J connectivity index is 1.34. The van der Waals surface area contributed by atoms with Crippen LogP contribution in [0.5, 0.6) is 5.75 Å². The number of amides is 2. The molecule has 146 valence electrons. The Morgan fingerprint density at radius 2 is 1.89 bits per heavy atom. The molecule has 1 aromatic carbocycles. The highest BCUT2D eigenvalue weighted by atomic mass is 32.2. The minimum absolute atomic E-state index is 0.00384. The first kappa shape index (κ1) is 18.5. The molecule has 2 saturated heterocycles. The lowest BCUT2D eigenvalue weighted by Gasteiger charge is -2.43. The van der Waals surface area contributed by atoms with E-state index < -0.39 is 15.7 Å². The normalized spacial score (nSPS) is 24.5. The average Bonchev–Trinajstić information content (AvgIpc) is 3.46. The molecule has 27 heavy (non-hydrogen) atoms. The molecule has 0 aromatic heterocycles. The first-order chi connectivity index (χ1) is 13.0. The first-order valence-corrected chi connectivity index (χ1v) is 11.0. The van der Waals surface area contributed by atoms with Gasteiger partial charge in [-0.15, -0.1) is 0 Å². The molecule has 0 bridgehead atoms. The van der Waals surface area contributed by atoms with Crippen LogP contribution in [0.25, 0.3) is 0 Å². The summed E-state index contributed by atoms with van der Waals surface area (Å²) in [5.41, 5.74) is 1.14. The molecule has 2 aliphatic heterocycles. The molecule has 0 radical (unpaired) electrons. The van der Waals surface area contributed by atoms with Gasteiger partial charge in [-0.3, -0.25) is 13.8 Å². The predicted octanol–water partition coefficient (Wildman–Crippen LogP) is 1.69. The van der Waals surface area contributed by atoms with E-state index in [9.17, 15) is 13.8 Å². The van der Waals surface area contributed by atoms with Gasteiger partial charge in [0.25, 0.3) is 5.91 Å². The van der Waals surface area contributed by atoms with Crippen molar-refractivity contribution in [3.63, 3.8) is 0 Å². The number of nitrogens with zero attached hydrogens (tertiary/aromatic N) is 2. The topological polar surface area (TPSA) is 66.9 Å². The van der Waals surface area contributed by atoms with E-state index in [1.807, 2.05) is 36.1 Å². The maximum Gasteiger partial charge on any atom is 0.260 e. The Morgan fingerprint density at radius 3 is 2.52 bits per heavy atom. The smallest absolute Gasteiger partial charge is 0.260 e. The third kappa shape index (κ3) is 3.74. The zero-order valence-corrected chi connectivity index (χ0v) is 16.5. The lowest BCUT2D eigenvalue weighted by Crippen LogP contribution is -2.56. The molecule has 0 N–H and O–H groups in total. The van der Waals surface area contributed by atoms with Crippen molar-refractivity contribution >= 4 is 22.6 Å². The monoisotopic (exact) mass is 390 g/mol. The van der Waals surface area contributed by atoms with Gasteiger partial charge in [-0.05, 0) is 37.8 Å². The molecule has 1 saturated carbocycles. The minimum Gasteiger partial charge on any atom is -0.484 e. The summed E-state index contributed by atoms with van der Waals surface area (Å²) in [5, 5.41) is 0. The fourth-order valence-electron chi connectivity index (χ4n) is 3.98. The fourth-order valence-corrected chi connectivity index (χ4v) is 5.68. The summed E-state index contributed by atoms with van der Waals surface area (Å²) in [4.78, 5) is 27.9. The van der Waals surface area contributed by atoms with Gasteiger partial charge in [0, 0.05) is 32.5 Å². The van der Waals surface area contributed by atoms with Crippen molar-refractivity contribution in [2.45, 2.75) is 37.5 Å². The number of benzene rings is 1. The molecular weight excluding hydrogens is 364 g/mol. The Kier molecular flexibility index (Phi) is 4.97. The highest BCUT2D eigenvalue weighted by molar-refractivity contribution is 7.87. The predicted molar refractivity (Wildman–Crippen MR) is 103 cm³/mol. The number of hydrogen-bond donors (Lipinski definition) is 0. The van der Waals surface area contributed by atoms with Crippen molar-refractivity contribution in [3.05, 3.63) is 29.8 Å². The summed E-state index contributed by atoms with van der Waals surface area (Å²) in [5.74, 6) is 1.35. The summed E-state index contributed by atoms with van der Waals surface area (Å²) >= 11 is 0. The highest BCUT2D eigenvalue weighted by Gasteiger charge is 2.54. The van der Waals surface area contributed by atoms with E-state index in [0.717, 1.165) is 24.9 Å². The molecule has 1 aliphatic carbocycles. The van der Waals surface area contributed by atoms with Gasteiger partial charge in [-0.1, -0.05) is 17.7 Å². The molecule has 3 fully saturated rings. The quantitative estimate of drug-likeness (QED) is 0.767. The number of piperidine rings is 1. The van der Waals surface area contributed by atoms with E-state index in [1.165, 1.54) is 0 Å². The van der Waals surface area contributed by atoms with Crippen LogP contribution in [-0.4, -0.2) is 62.7 Å². The average molecular weight is 391 g/mol. The summed E-state index contributed by atoms with van der Waals surface area (Å²) in [6.07, 6.45) is 3.50. The Morgan fingerprint density at radius 1 is 1.22 bits per heavy atom. The Bertz CT molecular complexity index is 752. The summed E-state index contributed by atoms with van der Waals surface area (Å²) in [6, 6.07) is 7.62. The molecule has 4 rings (SSSR count). The standard InChI is InChI=1S/C20H26N2O4S/c1-15-2-6-17(7-3-15)26-13-18(23)21-10-8-20(9-11-21)22(12-16-4-5-16)19(24)14-27(20)25/h2-3,6-7,16H,4-5,8-14H2,1H3. The van der Waals surface area contributed by atoms with Crippen LogP contribution in [0.2, 0.25) is 0 Å². The van der Waals surface area contributed by atoms with Crippen LogP contribution in [0.15, 0.2) is 24.3 Å². The number of carbonyl (C=O) groups is 2. The zero-order valence-electron chi connectivity index (χ0n) is 15.7. The van der Waals surface area contributed by atoms with E-state index >= 15 is 0 Å². The first-order valence-electron chi connectivity index (χ1n) is 9.64. The van der Waals surface area contributed by atoms with Gasteiger partial charge in [0.1, 0.15) is 16.4 Å². The maximum atomic E-state index is 12.7. The number of carbonyl (C=O) groups excluding carboxylic acids is 2. The number of likely N-dealkylation sites (tertiary alicyclic amines) is 1. The van der Waals surface area contributed by atoms with E-state index in [2.05, 4.69) is 0 Å². The molecule has 1 aromatic rings. The molecule has 2 heterocycles. The minimum atomic E-state index is -1.17.